The van der Waals surface area contributed by atoms with Gasteiger partial charge < -0.3 is 17.7 Å². The average Bonchev–Trinajstić information content (AvgIpc) is 2.21. The van der Waals surface area contributed by atoms with E-state index in [0.29, 0.717) is 5.25 Å². The second-order valence-corrected chi connectivity index (χ2v) is 4.28. The number of benzene rings is 1. The summed E-state index contributed by atoms with van der Waals surface area (Å²) < 4.78 is 0. The van der Waals surface area contributed by atoms with E-state index in [0.717, 1.165) is 13.1 Å². The van der Waals surface area contributed by atoms with Crippen molar-refractivity contribution in [1.82, 2.24) is 5.32 Å². The van der Waals surface area contributed by atoms with Crippen molar-refractivity contribution in [2.45, 2.75) is 5.25 Å². The Morgan fingerprint density at radius 1 is 1.23 bits per heavy atom. The molecule has 1 heterocycles. The van der Waals surface area contributed by atoms with Gasteiger partial charge in [0.15, 0.2) is 0 Å². The quantitative estimate of drug-likeness (QED) is 0.649. The van der Waals surface area contributed by atoms with Gasteiger partial charge in [0.25, 0.3) is 0 Å². The van der Waals surface area contributed by atoms with Crippen LogP contribution >= 0.6 is 11.8 Å². The van der Waals surface area contributed by atoms with Crippen molar-refractivity contribution >= 4 is 11.8 Å². The van der Waals surface area contributed by atoms with Gasteiger partial charge in [0.05, 0.1) is 0 Å². The standard InChI is InChI=1S/C10H13NS.ClH/c1-2-4-9(5-3-1)10-8-11-6-7-12-10;/h1-5,10-11H,6-8H2;1H/p-1. The Hall–Kier alpha value is -0.180. The van der Waals surface area contributed by atoms with Crippen molar-refractivity contribution < 1.29 is 12.4 Å². The van der Waals surface area contributed by atoms with Crippen LogP contribution in [0.15, 0.2) is 30.3 Å². The van der Waals surface area contributed by atoms with Crippen LogP contribution < -0.4 is 17.7 Å². The van der Waals surface area contributed by atoms with E-state index in [9.17, 15) is 0 Å². The van der Waals surface area contributed by atoms with Crippen molar-refractivity contribution in [1.29, 1.82) is 0 Å². The Balaban J connectivity index is 0.000000845. The molecule has 1 fully saturated rings. The molecule has 1 aliphatic heterocycles. The van der Waals surface area contributed by atoms with Gasteiger partial charge in [0.1, 0.15) is 0 Å². The molecule has 1 saturated heterocycles. The fraction of sp³-hybridized carbons (Fsp3) is 0.400. The first-order chi connectivity index (χ1) is 5.97. The molecule has 0 bridgehead atoms. The molecule has 0 saturated carbocycles. The van der Waals surface area contributed by atoms with Crippen LogP contribution in [0.25, 0.3) is 0 Å². The summed E-state index contributed by atoms with van der Waals surface area (Å²) in [6.45, 7) is 2.28. The van der Waals surface area contributed by atoms with Crippen LogP contribution in [0.3, 0.4) is 0 Å². The van der Waals surface area contributed by atoms with E-state index in [1.165, 1.54) is 11.3 Å². The number of thioether (sulfide) groups is 1. The van der Waals surface area contributed by atoms with Crippen molar-refractivity contribution in [3.63, 3.8) is 0 Å². The molecule has 1 aromatic rings. The van der Waals surface area contributed by atoms with Crippen molar-refractivity contribution in [3.8, 4) is 0 Å². The maximum atomic E-state index is 3.41. The van der Waals surface area contributed by atoms with E-state index in [1.807, 2.05) is 0 Å². The Labute approximate surface area is 89.7 Å². The zero-order valence-electron chi connectivity index (χ0n) is 7.37. The molecular formula is C10H13ClNS-. The lowest BCUT2D eigenvalue weighted by molar-refractivity contribution is -0.00000237. The zero-order valence-corrected chi connectivity index (χ0v) is 8.94. The fourth-order valence-corrected chi connectivity index (χ4v) is 2.58. The zero-order chi connectivity index (χ0) is 8.23. The van der Waals surface area contributed by atoms with Crippen molar-refractivity contribution in [3.05, 3.63) is 35.9 Å². The first-order valence-electron chi connectivity index (χ1n) is 4.34. The lowest BCUT2D eigenvalue weighted by atomic mass is 10.1. The summed E-state index contributed by atoms with van der Waals surface area (Å²) in [6.07, 6.45) is 0. The first-order valence-corrected chi connectivity index (χ1v) is 5.39. The largest absolute Gasteiger partial charge is 1.00 e. The summed E-state index contributed by atoms with van der Waals surface area (Å²) in [7, 11) is 0. The van der Waals surface area contributed by atoms with Gasteiger partial charge in [0.2, 0.25) is 0 Å². The topological polar surface area (TPSA) is 12.0 Å². The van der Waals surface area contributed by atoms with Crippen LogP contribution in [0.2, 0.25) is 0 Å². The number of hydrogen-bond donors (Lipinski definition) is 1. The van der Waals surface area contributed by atoms with Gasteiger partial charge in [0, 0.05) is 24.1 Å². The third kappa shape index (κ3) is 2.90. The molecule has 13 heavy (non-hydrogen) atoms. The summed E-state index contributed by atoms with van der Waals surface area (Å²) in [5.41, 5.74) is 1.45. The van der Waals surface area contributed by atoms with Crippen LogP contribution in [-0.2, 0) is 0 Å². The molecule has 1 nitrogen and oxygen atoms in total. The maximum Gasteiger partial charge on any atom is 0.0422 e. The minimum Gasteiger partial charge on any atom is -1.00 e. The van der Waals surface area contributed by atoms with Crippen LogP contribution in [0.4, 0.5) is 0 Å². The monoisotopic (exact) mass is 214 g/mol. The number of rotatable bonds is 1. The first kappa shape index (κ1) is 10.9. The SMILES string of the molecule is [Cl-].c1ccc(C2CNCCS2)cc1. The summed E-state index contributed by atoms with van der Waals surface area (Å²) in [5, 5.41) is 4.08. The normalized spacial score (nSPS) is 22.0. The molecule has 1 atom stereocenters. The smallest absolute Gasteiger partial charge is 0.0422 e. The van der Waals surface area contributed by atoms with Gasteiger partial charge in [-0.1, -0.05) is 30.3 Å². The van der Waals surface area contributed by atoms with Crippen LogP contribution in [-0.4, -0.2) is 18.8 Å². The molecule has 1 aliphatic rings. The second kappa shape index (κ2) is 5.53. The van der Waals surface area contributed by atoms with E-state index in [4.69, 9.17) is 0 Å². The molecule has 1 unspecified atom stereocenters. The van der Waals surface area contributed by atoms with Crippen molar-refractivity contribution in [2.24, 2.45) is 0 Å². The summed E-state index contributed by atoms with van der Waals surface area (Å²) in [4.78, 5) is 0. The average molecular weight is 215 g/mol. The van der Waals surface area contributed by atoms with Gasteiger partial charge in [-0.2, -0.15) is 11.8 Å². The minimum absolute atomic E-state index is 0. The molecule has 0 radical (unpaired) electrons. The number of hydrogen-bond acceptors (Lipinski definition) is 2. The molecule has 2 rings (SSSR count). The van der Waals surface area contributed by atoms with Crippen LogP contribution in [0.5, 0.6) is 0 Å². The third-order valence-corrected chi connectivity index (χ3v) is 3.38. The highest BCUT2D eigenvalue weighted by molar-refractivity contribution is 7.99. The summed E-state index contributed by atoms with van der Waals surface area (Å²) in [5.74, 6) is 1.24. The highest BCUT2D eigenvalue weighted by Crippen LogP contribution is 2.29. The molecular weight excluding hydrogens is 202 g/mol. The molecule has 0 aromatic heterocycles. The van der Waals surface area contributed by atoms with Crippen LogP contribution in [0, 0.1) is 0 Å². The Morgan fingerprint density at radius 3 is 2.62 bits per heavy atom. The van der Waals surface area contributed by atoms with Gasteiger partial charge in [-0.15, -0.1) is 0 Å². The number of halogens is 1. The molecule has 0 spiro atoms. The predicted molar refractivity (Wildman–Crippen MR) is 54.5 cm³/mol. The van der Waals surface area contributed by atoms with Gasteiger partial charge in [-0.05, 0) is 5.56 Å². The summed E-state index contributed by atoms with van der Waals surface area (Å²) >= 11 is 2.05. The van der Waals surface area contributed by atoms with E-state index >= 15 is 0 Å². The molecule has 3 heteroatoms. The maximum absolute atomic E-state index is 3.41. The molecule has 72 valence electrons. The van der Waals surface area contributed by atoms with Crippen molar-refractivity contribution in [2.75, 3.05) is 18.8 Å². The Kier molecular flexibility index (Phi) is 4.64. The third-order valence-electron chi connectivity index (χ3n) is 2.10. The molecule has 1 aromatic carbocycles. The van der Waals surface area contributed by atoms with Gasteiger partial charge in [-0.3, -0.25) is 0 Å². The van der Waals surface area contributed by atoms with E-state index < -0.39 is 0 Å². The summed E-state index contributed by atoms with van der Waals surface area (Å²) in [6, 6.07) is 10.7. The lowest BCUT2D eigenvalue weighted by Crippen LogP contribution is -3.00. The number of nitrogens with one attached hydrogen (secondary N) is 1. The highest BCUT2D eigenvalue weighted by Gasteiger charge is 2.14. The Bertz CT molecular complexity index is 234. The fourth-order valence-electron chi connectivity index (χ4n) is 1.45. The Morgan fingerprint density at radius 2 is 2.00 bits per heavy atom. The van der Waals surface area contributed by atoms with Gasteiger partial charge >= 0.3 is 0 Å². The molecule has 1 N–H and O–H groups in total. The second-order valence-electron chi connectivity index (χ2n) is 2.97. The minimum atomic E-state index is 0. The van der Waals surface area contributed by atoms with Crippen LogP contribution in [0.1, 0.15) is 10.8 Å². The van der Waals surface area contributed by atoms with Gasteiger partial charge in [-0.25, -0.2) is 0 Å². The van der Waals surface area contributed by atoms with E-state index in [2.05, 4.69) is 47.4 Å². The lowest BCUT2D eigenvalue weighted by Gasteiger charge is -2.22. The predicted octanol–water partition coefficient (Wildman–Crippen LogP) is -0.932. The molecule has 0 amide bonds. The van der Waals surface area contributed by atoms with E-state index in [-0.39, 0.29) is 12.4 Å². The molecule has 0 aliphatic carbocycles. The highest BCUT2D eigenvalue weighted by atomic mass is 35.5. The van der Waals surface area contributed by atoms with E-state index in [1.54, 1.807) is 0 Å².